The topological polar surface area (TPSA) is 52.9 Å². The van der Waals surface area contributed by atoms with Crippen LogP contribution in [0.25, 0.3) is 94.8 Å². The van der Waals surface area contributed by atoms with Crippen molar-refractivity contribution in [3.8, 4) is 45.5 Å². The van der Waals surface area contributed by atoms with Gasteiger partial charge in [-0.2, -0.15) is 0 Å². The molecule has 0 bridgehead atoms. The molecule has 53 heavy (non-hydrogen) atoms. The van der Waals surface area contributed by atoms with Crippen molar-refractivity contribution in [1.82, 2.24) is 28.5 Å². The van der Waals surface area contributed by atoms with Crippen molar-refractivity contribution in [2.24, 2.45) is 0 Å². The maximum Gasteiger partial charge on any atom is 0.164 e. The van der Waals surface area contributed by atoms with Crippen LogP contribution in [0.15, 0.2) is 182 Å². The zero-order chi connectivity index (χ0) is 34.9. The minimum Gasteiger partial charge on any atom is -0.312 e. The van der Waals surface area contributed by atoms with Gasteiger partial charge in [0.1, 0.15) is 0 Å². The second-order valence-corrected chi connectivity index (χ2v) is 13.3. The van der Waals surface area contributed by atoms with Crippen LogP contribution in [0.3, 0.4) is 0 Å². The number of hydrogen-bond donors (Lipinski definition) is 0. The molecule has 6 aromatic carbocycles. The van der Waals surface area contributed by atoms with Gasteiger partial charge in [0, 0.05) is 50.4 Å². The number of para-hydroxylation sites is 3. The van der Waals surface area contributed by atoms with E-state index in [1.165, 1.54) is 32.7 Å². The van der Waals surface area contributed by atoms with Gasteiger partial charge < -0.3 is 13.5 Å². The van der Waals surface area contributed by atoms with E-state index in [0.717, 1.165) is 44.6 Å². The van der Waals surface area contributed by atoms with Crippen LogP contribution in [0, 0.1) is 0 Å². The third kappa shape index (κ3) is 4.49. The van der Waals surface area contributed by atoms with Gasteiger partial charge in [-0.05, 0) is 48.5 Å². The SMILES string of the molecule is c1ccc(-c2nc(-c3ccccc3)nc(-c3cccc(-n4c5ccccc5c5c4c4c6ccccc6n(-c6ccccc6)c4c4cccn45)c3)n2)cc1. The zero-order valence-electron chi connectivity index (χ0n) is 28.5. The Labute approximate surface area is 304 Å². The molecular formula is C47H30N6. The lowest BCUT2D eigenvalue weighted by molar-refractivity contribution is 1.07. The molecule has 0 unspecified atom stereocenters. The number of pyridine rings is 1. The fourth-order valence-corrected chi connectivity index (χ4v) is 8.02. The molecule has 0 aliphatic rings. The first-order valence-electron chi connectivity index (χ1n) is 17.8. The molecule has 11 rings (SSSR count). The van der Waals surface area contributed by atoms with Crippen molar-refractivity contribution in [2.75, 3.05) is 0 Å². The average molecular weight is 679 g/mol. The molecular weight excluding hydrogens is 649 g/mol. The van der Waals surface area contributed by atoms with E-state index in [9.17, 15) is 0 Å². The normalized spacial score (nSPS) is 11.8. The van der Waals surface area contributed by atoms with Gasteiger partial charge in [0.2, 0.25) is 0 Å². The third-order valence-corrected chi connectivity index (χ3v) is 10.3. The van der Waals surface area contributed by atoms with Gasteiger partial charge in [0.15, 0.2) is 17.5 Å². The quantitative estimate of drug-likeness (QED) is 0.182. The summed E-state index contributed by atoms with van der Waals surface area (Å²) >= 11 is 0. The number of fused-ring (bicyclic) bond motifs is 10. The summed E-state index contributed by atoms with van der Waals surface area (Å²) in [5.41, 5.74) is 11.9. The summed E-state index contributed by atoms with van der Waals surface area (Å²) in [7, 11) is 0. The van der Waals surface area contributed by atoms with E-state index in [4.69, 9.17) is 15.0 Å². The van der Waals surface area contributed by atoms with Crippen LogP contribution >= 0.6 is 0 Å². The zero-order valence-corrected chi connectivity index (χ0v) is 28.5. The third-order valence-electron chi connectivity index (χ3n) is 10.3. The Morgan fingerprint density at radius 2 is 0.830 bits per heavy atom. The van der Waals surface area contributed by atoms with Crippen molar-refractivity contribution in [3.05, 3.63) is 182 Å². The van der Waals surface area contributed by atoms with Crippen LogP contribution in [-0.2, 0) is 0 Å². The molecule has 5 heterocycles. The minimum absolute atomic E-state index is 0.624. The van der Waals surface area contributed by atoms with Crippen LogP contribution < -0.4 is 0 Å². The van der Waals surface area contributed by atoms with Crippen LogP contribution in [-0.4, -0.2) is 28.5 Å². The summed E-state index contributed by atoms with van der Waals surface area (Å²) in [5, 5.41) is 3.60. The van der Waals surface area contributed by atoms with Crippen molar-refractivity contribution < 1.29 is 0 Å². The van der Waals surface area contributed by atoms with Gasteiger partial charge in [-0.3, -0.25) is 0 Å². The first-order chi connectivity index (χ1) is 26.3. The molecule has 0 aliphatic carbocycles. The van der Waals surface area contributed by atoms with Gasteiger partial charge in [-0.15, -0.1) is 0 Å². The highest BCUT2D eigenvalue weighted by molar-refractivity contribution is 6.28. The molecule has 0 aliphatic heterocycles. The Bertz CT molecular complexity index is 3100. The van der Waals surface area contributed by atoms with E-state index >= 15 is 0 Å². The van der Waals surface area contributed by atoms with Gasteiger partial charge in [-0.1, -0.05) is 127 Å². The van der Waals surface area contributed by atoms with Crippen LogP contribution in [0.5, 0.6) is 0 Å². The van der Waals surface area contributed by atoms with E-state index in [0.29, 0.717) is 17.5 Å². The first kappa shape index (κ1) is 29.4. The van der Waals surface area contributed by atoms with Crippen LogP contribution in [0.4, 0.5) is 0 Å². The van der Waals surface area contributed by atoms with Gasteiger partial charge in [0.05, 0.1) is 33.1 Å². The van der Waals surface area contributed by atoms with Crippen molar-refractivity contribution in [1.29, 1.82) is 0 Å². The predicted molar refractivity (Wildman–Crippen MR) is 216 cm³/mol. The van der Waals surface area contributed by atoms with Crippen LogP contribution in [0.2, 0.25) is 0 Å². The Morgan fingerprint density at radius 1 is 0.340 bits per heavy atom. The molecule has 0 saturated heterocycles. The first-order valence-corrected chi connectivity index (χ1v) is 17.8. The summed E-state index contributed by atoms with van der Waals surface area (Å²) in [6.45, 7) is 0. The highest BCUT2D eigenvalue weighted by Crippen LogP contribution is 2.44. The lowest BCUT2D eigenvalue weighted by Crippen LogP contribution is -2.01. The maximum atomic E-state index is 5.07. The molecule has 0 spiro atoms. The fourth-order valence-electron chi connectivity index (χ4n) is 8.02. The number of nitrogens with zero attached hydrogens (tertiary/aromatic N) is 6. The molecule has 0 radical (unpaired) electrons. The van der Waals surface area contributed by atoms with Crippen molar-refractivity contribution >= 4 is 49.3 Å². The molecule has 11 aromatic rings. The molecule has 0 atom stereocenters. The maximum absolute atomic E-state index is 5.07. The molecule has 5 aromatic heterocycles. The summed E-state index contributed by atoms with van der Waals surface area (Å²) in [5.74, 6) is 1.91. The van der Waals surface area contributed by atoms with E-state index < -0.39 is 0 Å². The smallest absolute Gasteiger partial charge is 0.164 e. The van der Waals surface area contributed by atoms with Gasteiger partial charge in [0.25, 0.3) is 0 Å². The predicted octanol–water partition coefficient (Wildman–Crippen LogP) is 11.3. The van der Waals surface area contributed by atoms with E-state index in [1.807, 2.05) is 60.7 Å². The fraction of sp³-hybridized carbons (Fsp3) is 0. The number of benzene rings is 6. The molecule has 0 fully saturated rings. The van der Waals surface area contributed by atoms with Crippen molar-refractivity contribution in [3.63, 3.8) is 0 Å². The molecule has 248 valence electrons. The minimum atomic E-state index is 0.624. The average Bonchev–Trinajstić information content (AvgIpc) is 3.95. The molecule has 0 N–H and O–H groups in total. The standard InChI is InChI=1S/C47H30N6/c1-4-16-31(17-5-1)45-48-46(32-18-6-2-7-19-32)50-47(49-45)33-20-14-23-35(30-33)53-39-27-13-11-25-37(39)42-44(53)41-36-24-10-12-26-38(36)52(34-21-8-3-9-22-34)43(41)40-28-15-29-51(40)42/h1-30H. The second-order valence-electron chi connectivity index (χ2n) is 13.3. The number of rotatable bonds is 5. The lowest BCUT2D eigenvalue weighted by atomic mass is 10.1. The van der Waals surface area contributed by atoms with Gasteiger partial charge >= 0.3 is 0 Å². The van der Waals surface area contributed by atoms with E-state index in [1.54, 1.807) is 0 Å². The highest BCUT2D eigenvalue weighted by atomic mass is 15.1. The van der Waals surface area contributed by atoms with Crippen molar-refractivity contribution in [2.45, 2.75) is 0 Å². The number of aromatic nitrogens is 6. The molecule has 6 heteroatoms. The van der Waals surface area contributed by atoms with Gasteiger partial charge in [-0.25, -0.2) is 15.0 Å². The summed E-state index contributed by atoms with van der Waals surface area (Å²) < 4.78 is 7.21. The Hall–Kier alpha value is -7.31. The number of hydrogen-bond acceptors (Lipinski definition) is 3. The lowest BCUT2D eigenvalue weighted by Gasteiger charge is -2.13. The Morgan fingerprint density at radius 3 is 1.51 bits per heavy atom. The monoisotopic (exact) mass is 678 g/mol. The van der Waals surface area contributed by atoms with Crippen LogP contribution in [0.1, 0.15) is 0 Å². The Balaban J connectivity index is 1.24. The van der Waals surface area contributed by atoms with E-state index in [2.05, 4.69) is 135 Å². The molecule has 6 nitrogen and oxygen atoms in total. The second kappa shape index (κ2) is 11.6. The van der Waals surface area contributed by atoms with E-state index in [-0.39, 0.29) is 0 Å². The molecule has 0 amide bonds. The summed E-state index contributed by atoms with van der Waals surface area (Å²) in [4.78, 5) is 15.1. The molecule has 0 saturated carbocycles. The Kier molecular flexibility index (Phi) is 6.45. The highest BCUT2D eigenvalue weighted by Gasteiger charge is 2.25. The summed E-state index contributed by atoms with van der Waals surface area (Å²) in [6, 6.07) is 61.4. The largest absolute Gasteiger partial charge is 0.312 e. The summed E-state index contributed by atoms with van der Waals surface area (Å²) in [6.07, 6.45) is 2.19.